The van der Waals surface area contributed by atoms with Gasteiger partial charge in [0.25, 0.3) is 0 Å². The van der Waals surface area contributed by atoms with Crippen molar-refractivity contribution in [1.82, 2.24) is 4.98 Å². The summed E-state index contributed by atoms with van der Waals surface area (Å²) < 4.78 is 14.1. The Morgan fingerprint density at radius 2 is 2.11 bits per heavy atom. The van der Waals surface area contributed by atoms with Crippen molar-refractivity contribution in [2.45, 2.75) is 5.92 Å². The predicted octanol–water partition coefficient (Wildman–Crippen LogP) is 3.99. The summed E-state index contributed by atoms with van der Waals surface area (Å²) >= 11 is 1.58. The molecule has 1 aliphatic rings. The first-order valence-corrected chi connectivity index (χ1v) is 7.02. The molecule has 0 aliphatic carbocycles. The third-order valence-electron chi connectivity index (χ3n) is 3.50. The maximum Gasteiger partial charge on any atom is 0.124 e. The van der Waals surface area contributed by atoms with Crippen LogP contribution in [0.4, 0.5) is 10.1 Å². The molecule has 2 nitrogen and oxygen atoms in total. The van der Waals surface area contributed by atoms with Gasteiger partial charge in [0.15, 0.2) is 0 Å². The van der Waals surface area contributed by atoms with Crippen molar-refractivity contribution in [3.05, 3.63) is 58.9 Å². The van der Waals surface area contributed by atoms with Crippen LogP contribution in [-0.4, -0.2) is 11.5 Å². The number of thiazole rings is 1. The largest absolute Gasteiger partial charge is 0.384 e. The van der Waals surface area contributed by atoms with E-state index in [4.69, 9.17) is 0 Å². The molecule has 0 fully saturated rings. The average Bonchev–Trinajstić information content (AvgIpc) is 3.00. The molecule has 0 radical (unpaired) electrons. The van der Waals surface area contributed by atoms with Crippen LogP contribution in [0.1, 0.15) is 16.5 Å². The van der Waals surface area contributed by atoms with Crippen molar-refractivity contribution in [3.8, 4) is 0 Å². The molecule has 3 aromatic rings. The fourth-order valence-electron chi connectivity index (χ4n) is 2.57. The molecule has 1 N–H and O–H groups in total. The second kappa shape index (κ2) is 4.03. The molecule has 0 spiro atoms. The fourth-order valence-corrected chi connectivity index (χ4v) is 3.68. The van der Waals surface area contributed by atoms with Crippen molar-refractivity contribution in [2.75, 3.05) is 11.9 Å². The molecule has 2 heterocycles. The highest BCUT2D eigenvalue weighted by atomic mass is 32.1. The summed E-state index contributed by atoms with van der Waals surface area (Å²) in [5, 5.41) is 4.45. The lowest BCUT2D eigenvalue weighted by molar-refractivity contribution is 0.630. The van der Waals surface area contributed by atoms with Crippen LogP contribution in [0, 0.1) is 5.82 Å². The van der Waals surface area contributed by atoms with Crippen LogP contribution >= 0.6 is 11.3 Å². The third kappa shape index (κ3) is 1.71. The molecule has 1 atom stereocenters. The number of nitrogens with one attached hydrogen (secondary N) is 1. The van der Waals surface area contributed by atoms with E-state index in [-0.39, 0.29) is 11.7 Å². The number of anilines is 1. The first-order valence-electron chi connectivity index (χ1n) is 6.20. The van der Waals surface area contributed by atoms with Gasteiger partial charge in [0, 0.05) is 12.2 Å². The van der Waals surface area contributed by atoms with Crippen molar-refractivity contribution in [1.29, 1.82) is 0 Å². The summed E-state index contributed by atoms with van der Waals surface area (Å²) in [4.78, 5) is 4.65. The lowest BCUT2D eigenvalue weighted by atomic mass is 10.0. The molecule has 0 saturated heterocycles. The number of rotatable bonds is 1. The summed E-state index contributed by atoms with van der Waals surface area (Å²) in [7, 11) is 0. The van der Waals surface area contributed by atoms with Gasteiger partial charge in [-0.05, 0) is 29.8 Å². The number of halogens is 1. The second-order valence-electron chi connectivity index (χ2n) is 4.68. The normalized spacial score (nSPS) is 17.4. The first-order chi connectivity index (χ1) is 9.31. The first kappa shape index (κ1) is 10.9. The van der Waals surface area contributed by atoms with Crippen LogP contribution in [0.15, 0.2) is 42.5 Å². The van der Waals surface area contributed by atoms with Gasteiger partial charge in [-0.15, -0.1) is 11.3 Å². The van der Waals surface area contributed by atoms with E-state index in [1.54, 1.807) is 23.5 Å². The van der Waals surface area contributed by atoms with E-state index < -0.39 is 0 Å². The van der Waals surface area contributed by atoms with Crippen LogP contribution in [0.5, 0.6) is 0 Å². The smallest absolute Gasteiger partial charge is 0.124 e. The Balaban J connectivity index is 1.83. The molecule has 1 aliphatic heterocycles. The van der Waals surface area contributed by atoms with Crippen LogP contribution in [0.3, 0.4) is 0 Å². The number of nitrogens with zero attached hydrogens (tertiary/aromatic N) is 1. The fraction of sp³-hybridized carbons (Fsp3) is 0.133. The van der Waals surface area contributed by atoms with Crippen LogP contribution < -0.4 is 5.32 Å². The van der Waals surface area contributed by atoms with Gasteiger partial charge in [0.1, 0.15) is 10.8 Å². The van der Waals surface area contributed by atoms with E-state index >= 15 is 0 Å². The summed E-state index contributed by atoms with van der Waals surface area (Å²) in [5.74, 6) is 0.0734. The van der Waals surface area contributed by atoms with Crippen LogP contribution in [-0.2, 0) is 0 Å². The number of aromatic nitrogens is 1. The molecule has 0 saturated carbocycles. The quantitative estimate of drug-likeness (QED) is 0.723. The van der Waals surface area contributed by atoms with E-state index in [0.717, 1.165) is 21.8 Å². The highest BCUT2D eigenvalue weighted by Crippen LogP contribution is 2.38. The van der Waals surface area contributed by atoms with Gasteiger partial charge < -0.3 is 5.32 Å². The number of benzene rings is 2. The average molecular weight is 270 g/mol. The van der Waals surface area contributed by atoms with Crippen molar-refractivity contribution >= 4 is 27.2 Å². The Bertz CT molecular complexity index is 766. The maximum absolute atomic E-state index is 13.2. The van der Waals surface area contributed by atoms with Crippen molar-refractivity contribution in [3.63, 3.8) is 0 Å². The Kier molecular flexibility index (Phi) is 2.32. The second-order valence-corrected chi connectivity index (χ2v) is 5.75. The summed E-state index contributed by atoms with van der Waals surface area (Å²) in [6.07, 6.45) is 0. The number of hydrogen-bond donors (Lipinski definition) is 1. The van der Waals surface area contributed by atoms with Crippen molar-refractivity contribution < 1.29 is 4.39 Å². The molecule has 0 amide bonds. The number of para-hydroxylation sites is 1. The monoisotopic (exact) mass is 270 g/mol. The lowest BCUT2D eigenvalue weighted by Gasteiger charge is -2.05. The molecule has 1 aromatic heterocycles. The summed E-state index contributed by atoms with van der Waals surface area (Å²) in [5.41, 5.74) is 3.34. The predicted molar refractivity (Wildman–Crippen MR) is 76.4 cm³/mol. The molecule has 0 bridgehead atoms. The van der Waals surface area contributed by atoms with Gasteiger partial charge in [-0.3, -0.25) is 0 Å². The maximum atomic E-state index is 13.2. The Morgan fingerprint density at radius 1 is 1.21 bits per heavy atom. The summed E-state index contributed by atoms with van der Waals surface area (Å²) in [6.45, 7) is 0.863. The van der Waals surface area contributed by atoms with Gasteiger partial charge >= 0.3 is 0 Å². The molecular weight excluding hydrogens is 259 g/mol. The minimum absolute atomic E-state index is 0.201. The zero-order valence-corrected chi connectivity index (χ0v) is 10.9. The Hall–Kier alpha value is -1.94. The molecule has 4 heteroatoms. The minimum Gasteiger partial charge on any atom is -0.384 e. The zero-order chi connectivity index (χ0) is 12.8. The third-order valence-corrected chi connectivity index (χ3v) is 4.63. The number of hydrogen-bond acceptors (Lipinski definition) is 3. The number of fused-ring (bicyclic) bond motifs is 2. The topological polar surface area (TPSA) is 24.9 Å². The van der Waals surface area contributed by atoms with E-state index in [9.17, 15) is 4.39 Å². The molecule has 94 valence electrons. The lowest BCUT2D eigenvalue weighted by Crippen LogP contribution is -2.02. The molecule has 19 heavy (non-hydrogen) atoms. The van der Waals surface area contributed by atoms with E-state index in [1.165, 1.54) is 17.3 Å². The van der Waals surface area contributed by atoms with Crippen molar-refractivity contribution in [2.24, 2.45) is 0 Å². The van der Waals surface area contributed by atoms with E-state index in [0.29, 0.717) is 0 Å². The molecule has 4 rings (SSSR count). The van der Waals surface area contributed by atoms with E-state index in [1.807, 2.05) is 12.1 Å². The zero-order valence-electron chi connectivity index (χ0n) is 10.1. The van der Waals surface area contributed by atoms with Gasteiger partial charge in [-0.25, -0.2) is 9.37 Å². The molecule has 2 aromatic carbocycles. The highest BCUT2D eigenvalue weighted by molar-refractivity contribution is 7.18. The Morgan fingerprint density at radius 3 is 3.05 bits per heavy atom. The SMILES string of the molecule is Fc1ccc2nc(C3CNc4ccccc43)sc2c1. The molecular formula is C15H11FN2S. The minimum atomic E-state index is -0.201. The van der Waals surface area contributed by atoms with Crippen LogP contribution in [0.25, 0.3) is 10.2 Å². The molecule has 1 unspecified atom stereocenters. The highest BCUT2D eigenvalue weighted by Gasteiger charge is 2.26. The Labute approximate surface area is 113 Å². The van der Waals surface area contributed by atoms with Gasteiger partial charge in [-0.1, -0.05) is 18.2 Å². The van der Waals surface area contributed by atoms with E-state index in [2.05, 4.69) is 22.4 Å². The summed E-state index contributed by atoms with van der Waals surface area (Å²) in [6, 6.07) is 13.1. The van der Waals surface area contributed by atoms with Gasteiger partial charge in [0.05, 0.1) is 16.1 Å². The standard InChI is InChI=1S/C15H11FN2S/c16-9-5-6-13-14(7-9)19-15(18-13)11-8-17-12-4-2-1-3-10(11)12/h1-7,11,17H,8H2. The van der Waals surface area contributed by atoms with Gasteiger partial charge in [0.2, 0.25) is 0 Å². The van der Waals surface area contributed by atoms with Crippen LogP contribution in [0.2, 0.25) is 0 Å². The van der Waals surface area contributed by atoms with Gasteiger partial charge in [-0.2, -0.15) is 0 Å².